The first-order chi connectivity index (χ1) is 11.6. The predicted octanol–water partition coefficient (Wildman–Crippen LogP) is 2.05. The fourth-order valence-corrected chi connectivity index (χ4v) is 4.64. The van der Waals surface area contributed by atoms with E-state index in [1.54, 1.807) is 11.3 Å². The molecular weight excluding hydrogens is 322 g/mol. The van der Waals surface area contributed by atoms with E-state index in [0.29, 0.717) is 13.0 Å². The summed E-state index contributed by atoms with van der Waals surface area (Å²) in [5, 5.41) is 5.10. The minimum Gasteiger partial charge on any atom is -0.344 e. The van der Waals surface area contributed by atoms with Crippen LogP contribution in [-0.2, 0) is 22.6 Å². The van der Waals surface area contributed by atoms with Gasteiger partial charge in [-0.15, -0.1) is 11.3 Å². The average Bonchev–Trinajstić information content (AvgIpc) is 3.21. The molecule has 2 amide bonds. The summed E-state index contributed by atoms with van der Waals surface area (Å²) in [6.45, 7) is 3.46. The van der Waals surface area contributed by atoms with E-state index >= 15 is 0 Å². The van der Waals surface area contributed by atoms with Crippen LogP contribution in [0.5, 0.6) is 0 Å². The second-order valence-corrected chi connectivity index (χ2v) is 8.00. The zero-order valence-electron chi connectivity index (χ0n) is 14.3. The van der Waals surface area contributed by atoms with Crippen LogP contribution >= 0.6 is 11.3 Å². The Morgan fingerprint density at radius 3 is 3.00 bits per heavy atom. The lowest BCUT2D eigenvalue weighted by molar-refractivity contribution is -0.138. The molecule has 6 heteroatoms. The van der Waals surface area contributed by atoms with Crippen molar-refractivity contribution in [2.24, 2.45) is 11.7 Å². The third-order valence-corrected chi connectivity index (χ3v) is 6.18. The number of rotatable bonds is 5. The van der Waals surface area contributed by atoms with Crippen LogP contribution in [0.25, 0.3) is 0 Å². The third-order valence-electron chi connectivity index (χ3n) is 5.16. The molecule has 0 spiro atoms. The molecule has 2 aliphatic rings. The number of carbonyl (C=O) groups is 2. The molecule has 3 unspecified atom stereocenters. The molecule has 1 aromatic rings. The van der Waals surface area contributed by atoms with E-state index in [2.05, 4.69) is 16.8 Å². The van der Waals surface area contributed by atoms with Gasteiger partial charge in [-0.25, -0.2) is 0 Å². The van der Waals surface area contributed by atoms with E-state index in [1.807, 2.05) is 11.8 Å². The summed E-state index contributed by atoms with van der Waals surface area (Å²) in [6.07, 6.45) is 4.96. The Balaban J connectivity index is 1.62. The molecule has 3 atom stereocenters. The maximum atomic E-state index is 12.9. The fraction of sp³-hybridized carbons (Fsp3) is 0.667. The van der Waals surface area contributed by atoms with Crippen molar-refractivity contribution in [1.82, 2.24) is 10.2 Å². The second-order valence-electron chi connectivity index (χ2n) is 7.00. The largest absolute Gasteiger partial charge is 0.344 e. The van der Waals surface area contributed by atoms with Gasteiger partial charge in [-0.1, -0.05) is 13.3 Å². The van der Waals surface area contributed by atoms with Gasteiger partial charge in [-0.05, 0) is 49.1 Å². The summed E-state index contributed by atoms with van der Waals surface area (Å²) in [5.41, 5.74) is 7.16. The van der Waals surface area contributed by atoms with Gasteiger partial charge in [-0.3, -0.25) is 9.59 Å². The lowest BCUT2D eigenvalue weighted by Gasteiger charge is -2.31. The summed E-state index contributed by atoms with van der Waals surface area (Å²) in [4.78, 5) is 28.7. The number of nitrogens with zero attached hydrogens (tertiary/aromatic N) is 1. The Morgan fingerprint density at radius 2 is 2.29 bits per heavy atom. The minimum atomic E-state index is -0.403. The molecule has 1 saturated carbocycles. The van der Waals surface area contributed by atoms with Gasteiger partial charge < -0.3 is 16.0 Å². The van der Waals surface area contributed by atoms with Crippen LogP contribution in [0.3, 0.4) is 0 Å². The molecule has 24 heavy (non-hydrogen) atoms. The second kappa shape index (κ2) is 7.66. The van der Waals surface area contributed by atoms with Crippen molar-refractivity contribution in [3.05, 3.63) is 21.9 Å². The molecule has 3 rings (SSSR count). The molecule has 1 aliphatic heterocycles. The molecule has 3 N–H and O–H groups in total. The predicted molar refractivity (Wildman–Crippen MR) is 95.6 cm³/mol. The van der Waals surface area contributed by atoms with Crippen LogP contribution in [0.15, 0.2) is 11.4 Å². The Morgan fingerprint density at radius 1 is 1.46 bits per heavy atom. The van der Waals surface area contributed by atoms with Crippen molar-refractivity contribution in [3.63, 3.8) is 0 Å². The molecule has 1 aliphatic carbocycles. The van der Waals surface area contributed by atoms with Gasteiger partial charge in [0.05, 0.1) is 0 Å². The Bertz CT molecular complexity index is 601. The topological polar surface area (TPSA) is 75.4 Å². The highest BCUT2D eigenvalue weighted by Gasteiger charge is 2.32. The minimum absolute atomic E-state index is 0.00276. The molecular formula is C18H27N3O2S. The van der Waals surface area contributed by atoms with E-state index in [4.69, 9.17) is 5.73 Å². The van der Waals surface area contributed by atoms with Crippen LogP contribution < -0.4 is 11.1 Å². The quantitative estimate of drug-likeness (QED) is 0.854. The highest BCUT2D eigenvalue weighted by atomic mass is 32.1. The number of nitrogens with one attached hydrogen (secondary N) is 1. The summed E-state index contributed by atoms with van der Waals surface area (Å²) < 4.78 is 0. The lowest BCUT2D eigenvalue weighted by Crippen LogP contribution is -2.50. The van der Waals surface area contributed by atoms with Crippen LogP contribution in [0.4, 0.5) is 0 Å². The number of amides is 2. The van der Waals surface area contributed by atoms with E-state index in [9.17, 15) is 9.59 Å². The average molecular weight is 350 g/mol. The monoisotopic (exact) mass is 349 g/mol. The van der Waals surface area contributed by atoms with Crippen molar-refractivity contribution in [1.29, 1.82) is 0 Å². The van der Waals surface area contributed by atoms with Crippen molar-refractivity contribution in [2.75, 3.05) is 6.54 Å². The highest BCUT2D eigenvalue weighted by molar-refractivity contribution is 7.10. The summed E-state index contributed by atoms with van der Waals surface area (Å²) >= 11 is 1.77. The third kappa shape index (κ3) is 3.81. The SMILES string of the molecule is CCCC(NC(=O)C1CCC(N)C1)C(=O)N1CCc2sccc2C1. The van der Waals surface area contributed by atoms with Crippen LogP contribution in [0, 0.1) is 5.92 Å². The van der Waals surface area contributed by atoms with Crippen molar-refractivity contribution in [3.8, 4) is 0 Å². The highest BCUT2D eigenvalue weighted by Crippen LogP contribution is 2.26. The molecule has 2 heterocycles. The molecule has 5 nitrogen and oxygen atoms in total. The van der Waals surface area contributed by atoms with Gasteiger partial charge in [0, 0.05) is 29.9 Å². The van der Waals surface area contributed by atoms with Gasteiger partial charge in [0.2, 0.25) is 11.8 Å². The first-order valence-corrected chi connectivity index (χ1v) is 9.86. The van der Waals surface area contributed by atoms with Crippen LogP contribution in [0.1, 0.15) is 49.5 Å². The number of hydrogen-bond acceptors (Lipinski definition) is 4. The van der Waals surface area contributed by atoms with Gasteiger partial charge in [0.1, 0.15) is 6.04 Å². The van der Waals surface area contributed by atoms with Crippen molar-refractivity contribution < 1.29 is 9.59 Å². The van der Waals surface area contributed by atoms with E-state index < -0.39 is 6.04 Å². The Labute approximate surface area is 147 Å². The zero-order chi connectivity index (χ0) is 17.1. The Hall–Kier alpha value is -1.40. The van der Waals surface area contributed by atoms with E-state index in [1.165, 1.54) is 10.4 Å². The first-order valence-electron chi connectivity index (χ1n) is 8.98. The molecule has 132 valence electrons. The Kier molecular flexibility index (Phi) is 5.56. The molecule has 0 radical (unpaired) electrons. The summed E-state index contributed by atoms with van der Waals surface area (Å²) in [6, 6.07) is 1.83. The van der Waals surface area contributed by atoms with Gasteiger partial charge in [0.25, 0.3) is 0 Å². The number of nitrogens with two attached hydrogens (primary N) is 1. The lowest BCUT2D eigenvalue weighted by atomic mass is 10.0. The van der Waals surface area contributed by atoms with Crippen molar-refractivity contribution in [2.45, 2.75) is 64.1 Å². The first kappa shape index (κ1) is 17.4. The molecule has 0 aromatic carbocycles. The standard InChI is InChI=1S/C18H27N3O2S/c1-2-3-15(20-17(22)12-4-5-14(19)10-12)18(23)21-8-6-16-13(11-21)7-9-24-16/h7,9,12,14-15H,2-6,8,10-11,19H2,1H3,(H,20,22). The summed E-state index contributed by atoms with van der Waals surface area (Å²) in [7, 11) is 0. The number of fused-ring (bicyclic) bond motifs is 1. The van der Waals surface area contributed by atoms with E-state index in [-0.39, 0.29) is 23.8 Å². The maximum absolute atomic E-state index is 12.9. The molecule has 1 aromatic heterocycles. The zero-order valence-corrected chi connectivity index (χ0v) is 15.1. The van der Waals surface area contributed by atoms with Crippen molar-refractivity contribution >= 4 is 23.2 Å². The van der Waals surface area contributed by atoms with Crippen LogP contribution in [0.2, 0.25) is 0 Å². The van der Waals surface area contributed by atoms with E-state index in [0.717, 1.165) is 38.6 Å². The van der Waals surface area contributed by atoms with Gasteiger partial charge in [0.15, 0.2) is 0 Å². The summed E-state index contributed by atoms with van der Waals surface area (Å²) in [5.74, 6) is 0.0318. The molecule has 0 bridgehead atoms. The van der Waals surface area contributed by atoms with Gasteiger partial charge >= 0.3 is 0 Å². The number of carbonyl (C=O) groups excluding carboxylic acids is 2. The molecule has 1 fully saturated rings. The number of hydrogen-bond donors (Lipinski definition) is 2. The van der Waals surface area contributed by atoms with Gasteiger partial charge in [-0.2, -0.15) is 0 Å². The maximum Gasteiger partial charge on any atom is 0.245 e. The van der Waals surface area contributed by atoms with Crippen LogP contribution in [-0.4, -0.2) is 35.3 Å². The smallest absolute Gasteiger partial charge is 0.245 e. The molecule has 0 saturated heterocycles. The normalized spacial score (nSPS) is 24.5. The fourth-order valence-electron chi connectivity index (χ4n) is 3.75. The number of thiophene rings is 1.